The second kappa shape index (κ2) is 6.51. The van der Waals surface area contributed by atoms with E-state index in [2.05, 4.69) is 15.8 Å². The highest BCUT2D eigenvalue weighted by Gasteiger charge is 2.14. The van der Waals surface area contributed by atoms with Crippen LogP contribution in [0.15, 0.2) is 10.6 Å². The second-order valence-electron chi connectivity index (χ2n) is 4.41. The van der Waals surface area contributed by atoms with Crippen molar-refractivity contribution in [1.29, 1.82) is 0 Å². The highest BCUT2D eigenvalue weighted by molar-refractivity contribution is 5.91. The van der Waals surface area contributed by atoms with Crippen LogP contribution in [-0.4, -0.2) is 43.4 Å². The number of nitrogens with one attached hydrogen (secondary N) is 2. The highest BCUT2D eigenvalue weighted by atomic mass is 16.5. The molecule has 2 rings (SSSR count). The molecular weight excluding hydrogens is 234 g/mol. The average Bonchev–Trinajstić information content (AvgIpc) is 2.82. The lowest BCUT2D eigenvalue weighted by Crippen LogP contribution is -2.34. The molecule has 0 spiro atoms. The summed E-state index contributed by atoms with van der Waals surface area (Å²) >= 11 is 0. The number of carbonyl (C=O) groups excluding carboxylic acids is 1. The highest BCUT2D eigenvalue weighted by Crippen LogP contribution is 2.06. The van der Waals surface area contributed by atoms with E-state index in [1.165, 1.54) is 0 Å². The van der Waals surface area contributed by atoms with Crippen LogP contribution >= 0.6 is 0 Å². The van der Waals surface area contributed by atoms with Crippen molar-refractivity contribution in [2.75, 3.05) is 26.2 Å². The number of piperidine rings is 1. The first kappa shape index (κ1) is 13.0. The first-order chi connectivity index (χ1) is 8.75. The van der Waals surface area contributed by atoms with E-state index in [0.29, 0.717) is 24.9 Å². The predicted octanol–water partition coefficient (Wildman–Crippen LogP) is 0.481. The molecule has 1 aliphatic heterocycles. The van der Waals surface area contributed by atoms with E-state index >= 15 is 0 Å². The Hall–Kier alpha value is -1.40. The maximum Gasteiger partial charge on any atom is 0.289 e. The molecule has 0 aliphatic carbocycles. The van der Waals surface area contributed by atoms with E-state index in [1.54, 1.807) is 13.0 Å². The molecule has 2 heterocycles. The van der Waals surface area contributed by atoms with E-state index in [0.717, 1.165) is 25.9 Å². The third-order valence-electron chi connectivity index (χ3n) is 2.88. The Balaban J connectivity index is 1.61. The molecule has 0 unspecified atom stereocenters. The fraction of sp³-hybridized carbons (Fsp3) is 0.667. The lowest BCUT2D eigenvalue weighted by Gasteiger charge is -2.22. The van der Waals surface area contributed by atoms with Gasteiger partial charge in [0.05, 0.1) is 18.4 Å². The quantitative estimate of drug-likeness (QED) is 0.746. The number of nitrogens with zero attached hydrogens (tertiary/aromatic N) is 1. The molecule has 18 heavy (non-hydrogen) atoms. The fourth-order valence-corrected chi connectivity index (χ4v) is 1.91. The lowest BCUT2D eigenvalue weighted by molar-refractivity contribution is 0.0341. The minimum absolute atomic E-state index is 0.245. The van der Waals surface area contributed by atoms with Gasteiger partial charge in [0.2, 0.25) is 5.76 Å². The van der Waals surface area contributed by atoms with Gasteiger partial charge in [0.15, 0.2) is 0 Å². The number of hydrogen-bond donors (Lipinski definition) is 2. The van der Waals surface area contributed by atoms with Crippen LogP contribution in [0.4, 0.5) is 0 Å². The van der Waals surface area contributed by atoms with Crippen molar-refractivity contribution in [3.8, 4) is 0 Å². The van der Waals surface area contributed by atoms with E-state index in [1.807, 2.05) is 0 Å². The van der Waals surface area contributed by atoms with Crippen LogP contribution < -0.4 is 10.6 Å². The second-order valence-corrected chi connectivity index (χ2v) is 4.41. The summed E-state index contributed by atoms with van der Waals surface area (Å²) in [5, 5.41) is 9.68. The SMILES string of the molecule is Cc1cc(C(=O)NCCOC2CCNCC2)on1. The van der Waals surface area contributed by atoms with Crippen molar-refractivity contribution in [2.24, 2.45) is 0 Å². The lowest BCUT2D eigenvalue weighted by atomic mass is 10.1. The summed E-state index contributed by atoms with van der Waals surface area (Å²) in [7, 11) is 0. The number of amides is 1. The number of aryl methyl sites for hydroxylation is 1. The number of rotatable bonds is 5. The van der Waals surface area contributed by atoms with Crippen molar-refractivity contribution in [3.05, 3.63) is 17.5 Å². The maximum atomic E-state index is 11.6. The Morgan fingerprint density at radius 2 is 2.39 bits per heavy atom. The average molecular weight is 253 g/mol. The summed E-state index contributed by atoms with van der Waals surface area (Å²) in [5.74, 6) is -0.00104. The van der Waals surface area contributed by atoms with Gasteiger partial charge in [0, 0.05) is 12.6 Å². The molecule has 2 N–H and O–H groups in total. The Morgan fingerprint density at radius 1 is 1.61 bits per heavy atom. The molecule has 0 aromatic carbocycles. The van der Waals surface area contributed by atoms with Crippen LogP contribution in [0.25, 0.3) is 0 Å². The van der Waals surface area contributed by atoms with Gasteiger partial charge in [0.25, 0.3) is 5.91 Å². The Kier molecular flexibility index (Phi) is 4.72. The minimum atomic E-state index is -0.246. The zero-order chi connectivity index (χ0) is 12.8. The molecule has 0 atom stereocenters. The van der Waals surface area contributed by atoms with Crippen molar-refractivity contribution in [3.63, 3.8) is 0 Å². The Bertz CT molecular complexity index is 386. The summed E-state index contributed by atoms with van der Waals surface area (Å²) in [4.78, 5) is 11.6. The van der Waals surface area contributed by atoms with E-state index in [4.69, 9.17) is 9.26 Å². The first-order valence-corrected chi connectivity index (χ1v) is 6.29. The first-order valence-electron chi connectivity index (χ1n) is 6.29. The van der Waals surface area contributed by atoms with Crippen molar-refractivity contribution in [1.82, 2.24) is 15.8 Å². The largest absolute Gasteiger partial charge is 0.376 e. The topological polar surface area (TPSA) is 76.4 Å². The summed E-state index contributed by atoms with van der Waals surface area (Å²) < 4.78 is 10.5. The summed E-state index contributed by atoms with van der Waals surface area (Å²) in [6.07, 6.45) is 2.39. The molecule has 0 bridgehead atoms. The van der Waals surface area contributed by atoms with Crippen molar-refractivity contribution in [2.45, 2.75) is 25.9 Å². The van der Waals surface area contributed by atoms with Gasteiger partial charge < -0.3 is 19.9 Å². The number of aromatic nitrogens is 1. The minimum Gasteiger partial charge on any atom is -0.376 e. The normalized spacial score (nSPS) is 16.7. The molecule has 1 aliphatic rings. The zero-order valence-electron chi connectivity index (χ0n) is 10.6. The van der Waals surface area contributed by atoms with Crippen molar-refractivity contribution >= 4 is 5.91 Å². The molecular formula is C12H19N3O3. The van der Waals surface area contributed by atoms with E-state index in [-0.39, 0.29) is 11.7 Å². The Morgan fingerprint density at radius 3 is 3.06 bits per heavy atom. The van der Waals surface area contributed by atoms with Gasteiger partial charge >= 0.3 is 0 Å². The monoisotopic (exact) mass is 253 g/mol. The molecule has 0 saturated carbocycles. The Labute approximate surface area is 106 Å². The number of ether oxygens (including phenoxy) is 1. The van der Waals surface area contributed by atoms with Crippen LogP contribution in [0.3, 0.4) is 0 Å². The van der Waals surface area contributed by atoms with Gasteiger partial charge in [0.1, 0.15) is 0 Å². The van der Waals surface area contributed by atoms with Gasteiger partial charge in [-0.05, 0) is 32.9 Å². The van der Waals surface area contributed by atoms with Crippen LogP contribution in [-0.2, 0) is 4.74 Å². The summed E-state index contributed by atoms with van der Waals surface area (Å²) in [6, 6.07) is 1.61. The van der Waals surface area contributed by atoms with E-state index in [9.17, 15) is 4.79 Å². The molecule has 1 amide bonds. The van der Waals surface area contributed by atoms with Crippen LogP contribution in [0.5, 0.6) is 0 Å². The molecule has 1 saturated heterocycles. The molecule has 6 heteroatoms. The molecule has 6 nitrogen and oxygen atoms in total. The number of hydrogen-bond acceptors (Lipinski definition) is 5. The van der Waals surface area contributed by atoms with Crippen LogP contribution in [0.1, 0.15) is 29.1 Å². The molecule has 1 aromatic rings. The number of carbonyl (C=O) groups is 1. The van der Waals surface area contributed by atoms with Gasteiger partial charge in [-0.3, -0.25) is 4.79 Å². The third kappa shape index (κ3) is 3.82. The molecule has 0 radical (unpaired) electrons. The maximum absolute atomic E-state index is 11.6. The standard InChI is InChI=1S/C12H19N3O3/c1-9-8-11(18-15-9)12(16)14-6-7-17-10-2-4-13-5-3-10/h8,10,13H,2-7H2,1H3,(H,14,16). The predicted molar refractivity (Wildman–Crippen MR) is 65.4 cm³/mol. The molecule has 1 fully saturated rings. The van der Waals surface area contributed by atoms with Gasteiger partial charge in [-0.2, -0.15) is 0 Å². The van der Waals surface area contributed by atoms with Gasteiger partial charge in [-0.15, -0.1) is 0 Å². The van der Waals surface area contributed by atoms with Crippen LogP contribution in [0, 0.1) is 6.92 Å². The third-order valence-corrected chi connectivity index (χ3v) is 2.88. The van der Waals surface area contributed by atoms with Gasteiger partial charge in [-0.1, -0.05) is 5.16 Å². The van der Waals surface area contributed by atoms with Crippen LogP contribution in [0.2, 0.25) is 0 Å². The zero-order valence-corrected chi connectivity index (χ0v) is 10.6. The fourth-order valence-electron chi connectivity index (χ4n) is 1.91. The smallest absolute Gasteiger partial charge is 0.289 e. The van der Waals surface area contributed by atoms with E-state index < -0.39 is 0 Å². The molecule has 100 valence electrons. The summed E-state index contributed by atoms with van der Waals surface area (Å²) in [6.45, 7) is 4.81. The molecule has 1 aromatic heterocycles. The van der Waals surface area contributed by atoms with Crippen molar-refractivity contribution < 1.29 is 14.1 Å². The van der Waals surface area contributed by atoms with Gasteiger partial charge in [-0.25, -0.2) is 0 Å². The summed E-state index contributed by atoms with van der Waals surface area (Å²) in [5.41, 5.74) is 0.700.